The molecular formula is C14H15F2N3O2. The summed E-state index contributed by atoms with van der Waals surface area (Å²) < 4.78 is 31.4. The highest BCUT2D eigenvalue weighted by Crippen LogP contribution is 2.11. The fourth-order valence-corrected chi connectivity index (χ4v) is 1.65. The minimum Gasteiger partial charge on any atom is -0.351 e. The first-order chi connectivity index (χ1) is 9.97. The van der Waals surface area contributed by atoms with E-state index in [9.17, 15) is 13.6 Å². The van der Waals surface area contributed by atoms with E-state index in [-0.39, 0.29) is 18.0 Å². The smallest absolute Gasteiger partial charge is 0.254 e. The third-order valence-corrected chi connectivity index (χ3v) is 2.80. The molecule has 0 bridgehead atoms. The first kappa shape index (κ1) is 15.1. The van der Waals surface area contributed by atoms with Gasteiger partial charge in [0.25, 0.3) is 5.91 Å². The molecule has 1 amide bonds. The van der Waals surface area contributed by atoms with Gasteiger partial charge in [0.05, 0.1) is 5.56 Å². The van der Waals surface area contributed by atoms with Crippen molar-refractivity contribution in [3.8, 4) is 0 Å². The predicted octanol–water partition coefficient (Wildman–Crippen LogP) is 2.44. The Morgan fingerprint density at radius 2 is 2.14 bits per heavy atom. The van der Waals surface area contributed by atoms with Crippen molar-refractivity contribution in [3.05, 3.63) is 47.1 Å². The molecule has 0 atom stereocenters. The van der Waals surface area contributed by atoms with Crippen molar-refractivity contribution in [1.82, 2.24) is 15.5 Å². The first-order valence-electron chi connectivity index (χ1n) is 6.53. The Balaban J connectivity index is 1.90. The second-order valence-corrected chi connectivity index (χ2v) is 4.83. The molecule has 0 aliphatic rings. The Morgan fingerprint density at radius 1 is 1.38 bits per heavy atom. The summed E-state index contributed by atoms with van der Waals surface area (Å²) in [6.07, 6.45) is 0.322. The highest BCUT2D eigenvalue weighted by atomic mass is 19.1. The summed E-state index contributed by atoms with van der Waals surface area (Å²) in [7, 11) is 0. The zero-order valence-electron chi connectivity index (χ0n) is 11.7. The number of rotatable bonds is 5. The fourth-order valence-electron chi connectivity index (χ4n) is 1.65. The molecule has 1 heterocycles. The van der Waals surface area contributed by atoms with Crippen molar-refractivity contribution in [2.24, 2.45) is 0 Å². The molecule has 7 heteroatoms. The van der Waals surface area contributed by atoms with Gasteiger partial charge in [0.15, 0.2) is 5.82 Å². The van der Waals surface area contributed by atoms with Gasteiger partial charge in [-0.3, -0.25) is 4.79 Å². The predicted molar refractivity (Wildman–Crippen MR) is 70.8 cm³/mol. The first-order valence-corrected chi connectivity index (χ1v) is 6.53. The van der Waals surface area contributed by atoms with Gasteiger partial charge in [0.1, 0.15) is 11.6 Å². The molecule has 1 N–H and O–H groups in total. The number of nitrogens with one attached hydrogen (secondary N) is 1. The zero-order valence-corrected chi connectivity index (χ0v) is 11.7. The Morgan fingerprint density at radius 3 is 2.81 bits per heavy atom. The highest BCUT2D eigenvalue weighted by molar-refractivity contribution is 5.94. The van der Waals surface area contributed by atoms with E-state index in [1.54, 1.807) is 0 Å². The average Bonchev–Trinajstić information content (AvgIpc) is 2.90. The molecule has 1 aromatic carbocycles. The molecule has 0 unspecified atom stereocenters. The van der Waals surface area contributed by atoms with Crippen LogP contribution in [0.1, 0.15) is 41.8 Å². The second kappa shape index (κ2) is 6.43. The lowest BCUT2D eigenvalue weighted by molar-refractivity contribution is 0.0949. The van der Waals surface area contributed by atoms with Gasteiger partial charge in [-0.05, 0) is 18.2 Å². The number of amides is 1. The summed E-state index contributed by atoms with van der Waals surface area (Å²) in [6.45, 7) is 4.06. The van der Waals surface area contributed by atoms with Crippen LogP contribution in [0.5, 0.6) is 0 Å². The summed E-state index contributed by atoms with van der Waals surface area (Å²) in [5.74, 6) is -0.992. The van der Waals surface area contributed by atoms with E-state index in [4.69, 9.17) is 4.52 Å². The van der Waals surface area contributed by atoms with Crippen LogP contribution >= 0.6 is 0 Å². The van der Waals surface area contributed by atoms with E-state index in [2.05, 4.69) is 15.5 Å². The molecular weight excluding hydrogens is 280 g/mol. The van der Waals surface area contributed by atoms with E-state index in [1.807, 2.05) is 13.8 Å². The van der Waals surface area contributed by atoms with Crippen molar-refractivity contribution in [3.63, 3.8) is 0 Å². The molecule has 5 nitrogen and oxygen atoms in total. The molecule has 2 rings (SSSR count). The van der Waals surface area contributed by atoms with Crippen LogP contribution < -0.4 is 5.32 Å². The van der Waals surface area contributed by atoms with E-state index in [1.165, 1.54) is 0 Å². The second-order valence-electron chi connectivity index (χ2n) is 4.83. The molecule has 112 valence electrons. The van der Waals surface area contributed by atoms with Gasteiger partial charge in [-0.1, -0.05) is 19.0 Å². The Labute approximate surface area is 120 Å². The number of carbonyl (C=O) groups is 1. The van der Waals surface area contributed by atoms with Crippen LogP contribution in [0.4, 0.5) is 8.78 Å². The van der Waals surface area contributed by atoms with Crippen LogP contribution in [0.15, 0.2) is 22.7 Å². The highest BCUT2D eigenvalue weighted by Gasteiger charge is 2.13. The maximum Gasteiger partial charge on any atom is 0.254 e. The van der Waals surface area contributed by atoms with Crippen LogP contribution in [0.2, 0.25) is 0 Å². The van der Waals surface area contributed by atoms with Crippen molar-refractivity contribution >= 4 is 5.91 Å². The molecule has 0 spiro atoms. The summed E-state index contributed by atoms with van der Waals surface area (Å²) in [6, 6.07) is 2.73. The fraction of sp³-hybridized carbons (Fsp3) is 0.357. The van der Waals surface area contributed by atoms with Gasteiger partial charge in [-0.25, -0.2) is 8.78 Å². The normalized spacial score (nSPS) is 10.9. The van der Waals surface area contributed by atoms with E-state index >= 15 is 0 Å². The SMILES string of the molecule is CC(C)c1noc(CCNC(=O)c2cc(F)ccc2F)n1. The van der Waals surface area contributed by atoms with E-state index in [0.29, 0.717) is 18.1 Å². The third-order valence-electron chi connectivity index (χ3n) is 2.80. The van der Waals surface area contributed by atoms with Gasteiger partial charge in [0, 0.05) is 18.9 Å². The molecule has 21 heavy (non-hydrogen) atoms. The molecule has 1 aromatic heterocycles. The Bertz CT molecular complexity index is 641. The maximum atomic E-state index is 13.4. The van der Waals surface area contributed by atoms with Crippen molar-refractivity contribution in [2.45, 2.75) is 26.2 Å². The number of nitrogens with zero attached hydrogens (tertiary/aromatic N) is 2. The maximum absolute atomic E-state index is 13.4. The minimum absolute atomic E-state index is 0.151. The standard InChI is InChI=1S/C14H15F2N3O2/c1-8(2)13-18-12(21-19-13)5-6-17-14(20)10-7-9(15)3-4-11(10)16/h3-4,7-8H,5-6H2,1-2H3,(H,17,20). The molecule has 0 saturated carbocycles. The lowest BCUT2D eigenvalue weighted by Crippen LogP contribution is -2.26. The minimum atomic E-state index is -0.770. The Hall–Kier alpha value is -2.31. The quantitative estimate of drug-likeness (QED) is 0.920. The number of aromatic nitrogens is 2. The summed E-state index contributed by atoms with van der Waals surface area (Å²) in [4.78, 5) is 15.9. The van der Waals surface area contributed by atoms with Crippen LogP contribution in [0.3, 0.4) is 0 Å². The van der Waals surface area contributed by atoms with Crippen molar-refractivity contribution in [2.75, 3.05) is 6.54 Å². The van der Waals surface area contributed by atoms with Gasteiger partial charge in [-0.15, -0.1) is 0 Å². The van der Waals surface area contributed by atoms with Gasteiger partial charge >= 0.3 is 0 Å². The lowest BCUT2D eigenvalue weighted by Gasteiger charge is -2.04. The van der Waals surface area contributed by atoms with E-state index in [0.717, 1.165) is 18.2 Å². The lowest BCUT2D eigenvalue weighted by atomic mass is 10.2. The van der Waals surface area contributed by atoms with Crippen LogP contribution in [0.25, 0.3) is 0 Å². The van der Waals surface area contributed by atoms with Crippen LogP contribution in [-0.2, 0) is 6.42 Å². The molecule has 0 aliphatic carbocycles. The number of halogens is 2. The molecule has 0 aliphatic heterocycles. The topological polar surface area (TPSA) is 68.0 Å². The number of hydrogen-bond donors (Lipinski definition) is 1. The zero-order chi connectivity index (χ0) is 15.4. The summed E-state index contributed by atoms with van der Waals surface area (Å²) >= 11 is 0. The largest absolute Gasteiger partial charge is 0.351 e. The van der Waals surface area contributed by atoms with Gasteiger partial charge in [0.2, 0.25) is 5.89 Å². The average molecular weight is 295 g/mol. The third kappa shape index (κ3) is 3.84. The Kier molecular flexibility index (Phi) is 4.62. The molecule has 0 radical (unpaired) electrons. The number of benzene rings is 1. The van der Waals surface area contributed by atoms with Crippen LogP contribution in [0, 0.1) is 11.6 Å². The van der Waals surface area contributed by atoms with E-state index < -0.39 is 17.5 Å². The van der Waals surface area contributed by atoms with Crippen molar-refractivity contribution < 1.29 is 18.1 Å². The van der Waals surface area contributed by atoms with Crippen molar-refractivity contribution in [1.29, 1.82) is 0 Å². The number of carbonyl (C=O) groups excluding carboxylic acids is 1. The van der Waals surface area contributed by atoms with Gasteiger partial charge < -0.3 is 9.84 Å². The van der Waals surface area contributed by atoms with Crippen LogP contribution in [-0.4, -0.2) is 22.6 Å². The summed E-state index contributed by atoms with van der Waals surface area (Å²) in [5, 5.41) is 6.27. The summed E-state index contributed by atoms with van der Waals surface area (Å²) in [5.41, 5.74) is -0.330. The molecule has 0 fully saturated rings. The molecule has 0 saturated heterocycles. The molecule has 2 aromatic rings. The monoisotopic (exact) mass is 295 g/mol. The number of hydrogen-bond acceptors (Lipinski definition) is 4. The van der Waals surface area contributed by atoms with Gasteiger partial charge in [-0.2, -0.15) is 4.98 Å².